The molecule has 14 N–H and O–H groups in total. The number of fused-ring (bicyclic) bond motifs is 7. The standard InChI is InChI=1S/C55H84N6O13/c1-49(24-62)19-34-31-9-10-38-51(3,53(31,5)28(16-29-21-57-26-59-29)18-55(34,48(71)72)39(65)20-49)15-12-37-50(2,25-63)45(74-46-44(69)43(68)36(64)23-73-46)42(67)33(52(37,38)4)17-32-41(61-47(70)54(32)13-6-7-14-54)30(8-11-40(56)66)35-22-58-27-60-35/h9,21-22,26-28,30,32-34,36-46,62-69H,6-8,10-20,23-25,56H2,1-5H3,(H,57,59)(H,58,60)(H,61,70)(H,71,72)/t28-,30+,32-,33+,34-,36+,37+,38-,39-,40-,41-,42+,43-,44+,45+,46-,49+,50-,51+,52-,53+,55-/m0/s1. The highest BCUT2D eigenvalue weighted by atomic mass is 16.7. The van der Waals surface area contributed by atoms with Crippen molar-refractivity contribution in [3.8, 4) is 0 Å². The van der Waals surface area contributed by atoms with Crippen LogP contribution in [0.3, 0.4) is 0 Å². The number of aromatic nitrogens is 4. The predicted octanol–water partition coefficient (Wildman–Crippen LogP) is 2.63. The first kappa shape index (κ1) is 54.0. The van der Waals surface area contributed by atoms with E-state index in [0.717, 1.165) is 29.8 Å². The van der Waals surface area contributed by atoms with E-state index >= 15 is 0 Å². The zero-order valence-electron chi connectivity index (χ0n) is 43.8. The molecular weight excluding hydrogens is 953 g/mol. The highest BCUT2D eigenvalue weighted by Gasteiger charge is 2.76. The number of aliphatic carboxylic acids is 1. The number of carbonyl (C=O) groups is 2. The Morgan fingerprint density at radius 1 is 0.892 bits per heavy atom. The van der Waals surface area contributed by atoms with Crippen LogP contribution in [0.25, 0.3) is 0 Å². The fourth-order valence-corrected chi connectivity index (χ4v) is 18.8. The summed E-state index contributed by atoms with van der Waals surface area (Å²) in [7, 11) is 0. The number of hydrogen-bond acceptors (Lipinski definition) is 15. The smallest absolute Gasteiger partial charge is 0.312 e. The van der Waals surface area contributed by atoms with Crippen LogP contribution in [0.15, 0.2) is 36.7 Å². The molecule has 8 aliphatic rings. The Morgan fingerprint density at radius 2 is 1.61 bits per heavy atom. The molecule has 412 valence electrons. The van der Waals surface area contributed by atoms with Crippen molar-refractivity contribution in [2.75, 3.05) is 19.8 Å². The number of carboxylic acids is 1. The zero-order chi connectivity index (χ0) is 53.1. The first-order valence-electron chi connectivity index (χ1n) is 27.5. The van der Waals surface area contributed by atoms with Crippen molar-refractivity contribution in [1.29, 1.82) is 0 Å². The summed E-state index contributed by atoms with van der Waals surface area (Å²) in [6.45, 7) is 9.77. The van der Waals surface area contributed by atoms with Crippen molar-refractivity contribution in [1.82, 2.24) is 25.3 Å². The number of carbonyl (C=O) groups excluding carboxylic acids is 1. The van der Waals surface area contributed by atoms with E-state index in [9.17, 15) is 55.5 Å². The van der Waals surface area contributed by atoms with Gasteiger partial charge in [0.05, 0.1) is 49.6 Å². The van der Waals surface area contributed by atoms with Crippen LogP contribution in [0.1, 0.15) is 135 Å². The summed E-state index contributed by atoms with van der Waals surface area (Å²) in [5.74, 6) is -3.92. The summed E-state index contributed by atoms with van der Waals surface area (Å²) in [5, 5.41) is 107. The summed E-state index contributed by atoms with van der Waals surface area (Å²) in [5.41, 5.74) is 2.23. The van der Waals surface area contributed by atoms with Gasteiger partial charge in [-0.3, -0.25) is 9.59 Å². The molecule has 7 fully saturated rings. The zero-order valence-corrected chi connectivity index (χ0v) is 43.8. The number of imidazole rings is 2. The molecule has 10 rings (SSSR count). The van der Waals surface area contributed by atoms with Gasteiger partial charge in [0, 0.05) is 47.8 Å². The van der Waals surface area contributed by atoms with E-state index in [1.54, 1.807) is 25.0 Å². The van der Waals surface area contributed by atoms with E-state index in [2.05, 4.69) is 52.1 Å². The third kappa shape index (κ3) is 7.81. The van der Waals surface area contributed by atoms with Gasteiger partial charge in [-0.25, -0.2) is 9.97 Å². The first-order valence-corrected chi connectivity index (χ1v) is 27.5. The molecule has 0 bridgehead atoms. The van der Waals surface area contributed by atoms with Crippen molar-refractivity contribution in [3.63, 3.8) is 0 Å². The van der Waals surface area contributed by atoms with Crippen LogP contribution < -0.4 is 11.1 Å². The highest BCUT2D eigenvalue weighted by molar-refractivity contribution is 5.86. The second kappa shape index (κ2) is 19.2. The molecule has 2 aromatic rings. The maximum atomic E-state index is 14.9. The van der Waals surface area contributed by atoms with Gasteiger partial charge >= 0.3 is 5.97 Å². The second-order valence-corrected chi connectivity index (χ2v) is 26.0. The van der Waals surface area contributed by atoms with Crippen LogP contribution >= 0.6 is 0 Å². The molecule has 6 aliphatic carbocycles. The Balaban J connectivity index is 1.15. The van der Waals surface area contributed by atoms with Crippen molar-refractivity contribution in [2.45, 2.75) is 186 Å². The van der Waals surface area contributed by atoms with Crippen LogP contribution in [0.5, 0.6) is 0 Å². The quantitative estimate of drug-likeness (QED) is 0.0735. The SMILES string of the molecule is C[C@]1(CO)C[C@H](O)[C@]2(C(=O)O)C[C@H](Cc3cnc[nH]3)[C@]3(C)C(=CC[C@@H]4[C@@]5(C)[C@H](C[C@H]6[C@H]([C@H](CC[C@@H](N)O)c7cnc[nH]7)NC(=O)C67CCCC7)[C@@H](O)[C@@H](O[C@@H]6OC[C@@H](O)[C@H](O)[C@H]6O)[C@@](C)(CO)[C@H]5CC[C@]43C)[C@@H]2C1. The van der Waals surface area contributed by atoms with Gasteiger partial charge in [-0.1, -0.05) is 59.1 Å². The van der Waals surface area contributed by atoms with E-state index in [1.807, 2.05) is 13.8 Å². The molecule has 1 amide bonds. The van der Waals surface area contributed by atoms with Crippen molar-refractivity contribution < 1.29 is 65.0 Å². The number of ether oxygens (including phenoxy) is 2. The largest absolute Gasteiger partial charge is 0.481 e. The minimum atomic E-state index is -1.67. The summed E-state index contributed by atoms with van der Waals surface area (Å²) in [6, 6.07) is -0.468. The lowest BCUT2D eigenvalue weighted by molar-refractivity contribution is -0.341. The van der Waals surface area contributed by atoms with E-state index in [4.69, 9.17) is 15.2 Å². The monoisotopic (exact) mass is 1040 g/mol. The average Bonchev–Trinajstić information content (AvgIpc) is 4.21. The molecule has 2 aromatic heterocycles. The molecule has 19 nitrogen and oxygen atoms in total. The molecule has 2 saturated heterocycles. The molecule has 0 unspecified atom stereocenters. The molecule has 19 heteroatoms. The summed E-state index contributed by atoms with van der Waals surface area (Å²) in [6.07, 6.45) is 4.87. The van der Waals surface area contributed by atoms with E-state index in [1.165, 1.54) is 0 Å². The number of H-pyrrole nitrogens is 2. The van der Waals surface area contributed by atoms with Gasteiger partial charge in [-0.05, 0) is 134 Å². The molecule has 74 heavy (non-hydrogen) atoms. The van der Waals surface area contributed by atoms with Crippen molar-refractivity contribution in [2.24, 2.45) is 79.1 Å². The van der Waals surface area contributed by atoms with Gasteiger partial charge in [-0.15, -0.1) is 0 Å². The fourth-order valence-electron chi connectivity index (χ4n) is 18.8. The second-order valence-electron chi connectivity index (χ2n) is 26.0. The minimum absolute atomic E-state index is 0.0457. The van der Waals surface area contributed by atoms with Crippen LogP contribution in [0, 0.1) is 73.4 Å². The molecular formula is C55H84N6O13. The third-order valence-electron chi connectivity index (χ3n) is 22.8. The van der Waals surface area contributed by atoms with E-state index in [-0.39, 0.29) is 68.0 Å². The number of allylic oxidation sites excluding steroid dienone is 2. The van der Waals surface area contributed by atoms with Crippen LogP contribution in [-0.4, -0.2) is 153 Å². The van der Waals surface area contributed by atoms with Gasteiger partial charge in [0.15, 0.2) is 6.29 Å². The van der Waals surface area contributed by atoms with Crippen molar-refractivity contribution >= 4 is 11.9 Å². The number of nitrogens with zero attached hydrogens (tertiary/aromatic N) is 2. The number of hydrogen-bond donors (Lipinski definition) is 13. The number of amides is 1. The number of nitrogens with two attached hydrogens (primary N) is 1. The average molecular weight is 1040 g/mol. The van der Waals surface area contributed by atoms with Gasteiger partial charge in [0.1, 0.15) is 30.0 Å². The maximum absolute atomic E-state index is 14.9. The Hall–Kier alpha value is -3.34. The topological polar surface area (TPSA) is 330 Å². The molecule has 5 saturated carbocycles. The van der Waals surface area contributed by atoms with Gasteiger partial charge < -0.3 is 76.5 Å². The normalized spacial score (nSPS) is 47.4. The number of aliphatic hydroxyl groups is 8. The van der Waals surface area contributed by atoms with Gasteiger partial charge in [0.2, 0.25) is 5.91 Å². The van der Waals surface area contributed by atoms with Crippen LogP contribution in [-0.2, 0) is 25.5 Å². The number of aliphatic hydroxyl groups excluding tert-OH is 8. The Morgan fingerprint density at radius 3 is 2.24 bits per heavy atom. The lowest BCUT2D eigenvalue weighted by atomic mass is 9.30. The van der Waals surface area contributed by atoms with E-state index in [0.29, 0.717) is 57.8 Å². The van der Waals surface area contributed by atoms with Crippen molar-refractivity contribution in [3.05, 3.63) is 48.1 Å². The number of carboxylic acid groups (broad SMARTS) is 1. The van der Waals surface area contributed by atoms with Crippen LogP contribution in [0.2, 0.25) is 0 Å². The minimum Gasteiger partial charge on any atom is -0.481 e. The van der Waals surface area contributed by atoms with Gasteiger partial charge in [-0.2, -0.15) is 0 Å². The molecule has 2 aliphatic heterocycles. The Bertz CT molecular complexity index is 2380. The number of nitrogens with one attached hydrogen (secondary N) is 3. The Kier molecular flexibility index (Phi) is 14.0. The predicted molar refractivity (Wildman–Crippen MR) is 267 cm³/mol. The molecule has 1 spiro atoms. The molecule has 4 heterocycles. The first-order chi connectivity index (χ1) is 35.0. The maximum Gasteiger partial charge on any atom is 0.312 e. The summed E-state index contributed by atoms with van der Waals surface area (Å²) >= 11 is 0. The lowest BCUT2D eigenvalue weighted by Gasteiger charge is -2.75. The molecule has 22 atom stereocenters. The number of aromatic amines is 2. The summed E-state index contributed by atoms with van der Waals surface area (Å²) in [4.78, 5) is 44.3. The fraction of sp³-hybridized carbons (Fsp3) is 0.818. The molecule has 0 aromatic carbocycles. The third-order valence-corrected chi connectivity index (χ3v) is 22.8. The number of rotatable bonds is 14. The van der Waals surface area contributed by atoms with Crippen LogP contribution in [0.4, 0.5) is 0 Å². The van der Waals surface area contributed by atoms with Gasteiger partial charge in [0.25, 0.3) is 0 Å². The van der Waals surface area contributed by atoms with E-state index < -0.39 is 118 Å². The highest BCUT2D eigenvalue weighted by Crippen LogP contribution is 2.79. The summed E-state index contributed by atoms with van der Waals surface area (Å²) < 4.78 is 12.7. The lowest BCUT2D eigenvalue weighted by Crippen LogP contribution is -2.73. The Labute approximate surface area is 433 Å². The molecule has 0 radical (unpaired) electrons.